The average Bonchev–Trinajstić information content (AvgIpc) is 2.98. The number of imidazole rings is 1. The van der Waals surface area contributed by atoms with E-state index in [0.717, 1.165) is 30.5 Å². The molecule has 1 aliphatic carbocycles. The number of aromatic nitrogens is 2. The first-order valence-electron chi connectivity index (χ1n) is 6.11. The molecular weight excluding hydrogens is 212 g/mol. The molecular formula is C14H16N2O. The van der Waals surface area contributed by atoms with E-state index < -0.39 is 0 Å². The lowest BCUT2D eigenvalue weighted by atomic mass is 10.2. The normalized spacial score (nSPS) is 24.1. The van der Waals surface area contributed by atoms with Crippen LogP contribution in [0, 0.1) is 0 Å². The van der Waals surface area contributed by atoms with E-state index in [-0.39, 0.29) is 12.1 Å². The minimum absolute atomic E-state index is 0.208. The van der Waals surface area contributed by atoms with E-state index >= 15 is 0 Å². The van der Waals surface area contributed by atoms with Gasteiger partial charge in [0, 0.05) is 11.8 Å². The third-order valence-electron chi connectivity index (χ3n) is 3.50. The lowest BCUT2D eigenvalue weighted by Gasteiger charge is -2.15. The first kappa shape index (κ1) is 10.5. The van der Waals surface area contributed by atoms with Gasteiger partial charge in [-0.05, 0) is 19.3 Å². The zero-order chi connectivity index (χ0) is 11.7. The van der Waals surface area contributed by atoms with Crippen molar-refractivity contribution in [1.82, 2.24) is 9.55 Å². The van der Waals surface area contributed by atoms with Crippen LogP contribution in [0.25, 0.3) is 11.3 Å². The molecule has 1 aromatic heterocycles. The molecule has 1 heterocycles. The zero-order valence-corrected chi connectivity index (χ0v) is 9.66. The quantitative estimate of drug-likeness (QED) is 0.858. The highest BCUT2D eigenvalue weighted by atomic mass is 16.3. The van der Waals surface area contributed by atoms with Crippen LogP contribution in [0.5, 0.6) is 0 Å². The molecule has 0 saturated heterocycles. The highest BCUT2D eigenvalue weighted by molar-refractivity contribution is 5.57. The van der Waals surface area contributed by atoms with Crippen molar-refractivity contribution in [3.8, 4) is 11.3 Å². The van der Waals surface area contributed by atoms with E-state index in [0.29, 0.717) is 0 Å². The fourth-order valence-electron chi connectivity index (χ4n) is 2.54. The predicted molar refractivity (Wildman–Crippen MR) is 66.6 cm³/mol. The van der Waals surface area contributed by atoms with Crippen molar-refractivity contribution in [3.05, 3.63) is 42.9 Å². The van der Waals surface area contributed by atoms with Crippen LogP contribution in [0.3, 0.4) is 0 Å². The summed E-state index contributed by atoms with van der Waals surface area (Å²) in [6.07, 6.45) is 6.71. The van der Waals surface area contributed by atoms with Crippen molar-refractivity contribution in [1.29, 1.82) is 0 Å². The van der Waals surface area contributed by atoms with Crippen LogP contribution in [-0.4, -0.2) is 20.8 Å². The number of nitrogens with zero attached hydrogens (tertiary/aromatic N) is 2. The molecule has 3 rings (SSSR count). The predicted octanol–water partition coefficient (Wildman–Crippen LogP) is 2.64. The second kappa shape index (κ2) is 4.34. The Hall–Kier alpha value is -1.61. The molecule has 1 fully saturated rings. The van der Waals surface area contributed by atoms with Crippen LogP contribution < -0.4 is 0 Å². The number of aliphatic hydroxyl groups excluding tert-OH is 1. The third-order valence-corrected chi connectivity index (χ3v) is 3.50. The molecule has 88 valence electrons. The summed E-state index contributed by atoms with van der Waals surface area (Å²) in [4.78, 5) is 4.42. The SMILES string of the molecule is O[C@H]1CCC[C@H]1n1cnc(-c2ccccc2)c1. The largest absolute Gasteiger partial charge is 0.391 e. The molecule has 0 spiro atoms. The van der Waals surface area contributed by atoms with Crippen molar-refractivity contribution < 1.29 is 5.11 Å². The van der Waals surface area contributed by atoms with Gasteiger partial charge in [-0.3, -0.25) is 0 Å². The summed E-state index contributed by atoms with van der Waals surface area (Å²) in [6, 6.07) is 10.3. The van der Waals surface area contributed by atoms with Gasteiger partial charge < -0.3 is 9.67 Å². The molecule has 0 aliphatic heterocycles. The van der Waals surface area contributed by atoms with Crippen molar-refractivity contribution >= 4 is 0 Å². The molecule has 2 atom stereocenters. The molecule has 2 aromatic rings. The lowest BCUT2D eigenvalue weighted by Crippen LogP contribution is -2.16. The third kappa shape index (κ3) is 1.98. The summed E-state index contributed by atoms with van der Waals surface area (Å²) in [5, 5.41) is 9.87. The topological polar surface area (TPSA) is 38.0 Å². The van der Waals surface area contributed by atoms with Crippen LogP contribution in [0.4, 0.5) is 0 Å². The Bertz CT molecular complexity index is 492. The van der Waals surface area contributed by atoms with E-state index in [2.05, 4.69) is 21.7 Å². The number of rotatable bonds is 2. The number of aliphatic hydroxyl groups is 1. The summed E-state index contributed by atoms with van der Waals surface area (Å²) < 4.78 is 2.06. The number of benzene rings is 1. The maximum absolute atomic E-state index is 9.87. The first-order valence-corrected chi connectivity index (χ1v) is 6.11. The Morgan fingerprint density at radius 3 is 2.71 bits per heavy atom. The smallest absolute Gasteiger partial charge is 0.0957 e. The summed E-state index contributed by atoms with van der Waals surface area (Å²) in [5.74, 6) is 0. The van der Waals surface area contributed by atoms with Crippen molar-refractivity contribution in [3.63, 3.8) is 0 Å². The molecule has 1 N–H and O–H groups in total. The molecule has 3 nitrogen and oxygen atoms in total. The molecule has 17 heavy (non-hydrogen) atoms. The second-order valence-corrected chi connectivity index (χ2v) is 4.64. The van der Waals surface area contributed by atoms with Gasteiger partial charge in [0.05, 0.1) is 24.2 Å². The fourth-order valence-corrected chi connectivity index (χ4v) is 2.54. The van der Waals surface area contributed by atoms with Gasteiger partial charge >= 0.3 is 0 Å². The van der Waals surface area contributed by atoms with Gasteiger partial charge in [-0.1, -0.05) is 30.3 Å². The van der Waals surface area contributed by atoms with Gasteiger partial charge in [-0.25, -0.2) is 4.98 Å². The van der Waals surface area contributed by atoms with Crippen molar-refractivity contribution in [2.24, 2.45) is 0 Å². The molecule has 1 aromatic carbocycles. The van der Waals surface area contributed by atoms with E-state index in [9.17, 15) is 5.11 Å². The van der Waals surface area contributed by atoms with Gasteiger partial charge in [0.15, 0.2) is 0 Å². The standard InChI is InChI=1S/C14H16N2O/c17-14-8-4-7-13(14)16-9-12(15-10-16)11-5-2-1-3-6-11/h1-3,5-6,9-10,13-14,17H,4,7-8H2/t13-,14+/m1/s1. The Balaban J connectivity index is 1.88. The summed E-state index contributed by atoms with van der Waals surface area (Å²) in [5.41, 5.74) is 2.10. The minimum Gasteiger partial charge on any atom is -0.391 e. The van der Waals surface area contributed by atoms with Crippen LogP contribution >= 0.6 is 0 Å². The molecule has 0 bridgehead atoms. The number of hydrogen-bond acceptors (Lipinski definition) is 2. The Morgan fingerprint density at radius 2 is 2.00 bits per heavy atom. The van der Waals surface area contributed by atoms with Gasteiger partial charge in [-0.2, -0.15) is 0 Å². The minimum atomic E-state index is -0.215. The first-order chi connectivity index (χ1) is 8.34. The highest BCUT2D eigenvalue weighted by Crippen LogP contribution is 2.31. The van der Waals surface area contributed by atoms with Crippen LogP contribution in [0.1, 0.15) is 25.3 Å². The monoisotopic (exact) mass is 228 g/mol. The summed E-state index contributed by atoms with van der Waals surface area (Å²) in [7, 11) is 0. The molecule has 0 radical (unpaired) electrons. The molecule has 3 heteroatoms. The van der Waals surface area contributed by atoms with Gasteiger partial charge in [0.25, 0.3) is 0 Å². The van der Waals surface area contributed by atoms with E-state index in [1.807, 2.05) is 30.7 Å². The molecule has 1 saturated carbocycles. The van der Waals surface area contributed by atoms with Gasteiger partial charge in [-0.15, -0.1) is 0 Å². The Kier molecular flexibility index (Phi) is 2.69. The maximum atomic E-state index is 9.87. The van der Waals surface area contributed by atoms with E-state index in [1.54, 1.807) is 0 Å². The second-order valence-electron chi connectivity index (χ2n) is 4.64. The van der Waals surface area contributed by atoms with Crippen molar-refractivity contribution in [2.75, 3.05) is 0 Å². The van der Waals surface area contributed by atoms with E-state index in [1.165, 1.54) is 0 Å². The van der Waals surface area contributed by atoms with E-state index in [4.69, 9.17) is 0 Å². The lowest BCUT2D eigenvalue weighted by molar-refractivity contribution is 0.136. The summed E-state index contributed by atoms with van der Waals surface area (Å²) >= 11 is 0. The van der Waals surface area contributed by atoms with Gasteiger partial charge in [0.1, 0.15) is 0 Å². The molecule has 0 unspecified atom stereocenters. The van der Waals surface area contributed by atoms with Crippen LogP contribution in [0.15, 0.2) is 42.9 Å². The van der Waals surface area contributed by atoms with Crippen LogP contribution in [-0.2, 0) is 0 Å². The zero-order valence-electron chi connectivity index (χ0n) is 9.66. The summed E-state index contributed by atoms with van der Waals surface area (Å²) in [6.45, 7) is 0. The van der Waals surface area contributed by atoms with Crippen molar-refractivity contribution in [2.45, 2.75) is 31.4 Å². The molecule has 1 aliphatic rings. The highest BCUT2D eigenvalue weighted by Gasteiger charge is 2.26. The van der Waals surface area contributed by atoms with Gasteiger partial charge in [0.2, 0.25) is 0 Å². The Morgan fingerprint density at radius 1 is 1.18 bits per heavy atom. The number of hydrogen-bond donors (Lipinski definition) is 1. The molecule has 0 amide bonds. The fraction of sp³-hybridized carbons (Fsp3) is 0.357. The van der Waals surface area contributed by atoms with Crippen LogP contribution in [0.2, 0.25) is 0 Å². The average molecular weight is 228 g/mol. The Labute approximate surface area is 101 Å². The maximum Gasteiger partial charge on any atom is 0.0957 e.